The number of primary amides is 1. The number of aliphatic hydroxyl groups is 1. The number of aliphatic hydroxyl groups excluding tert-OH is 1. The van der Waals surface area contributed by atoms with Gasteiger partial charge in [0.25, 0.3) is 5.91 Å². The number of alkyl halides is 3. The van der Waals surface area contributed by atoms with Crippen LogP contribution in [0.15, 0.2) is 24.3 Å². The van der Waals surface area contributed by atoms with Crippen LogP contribution in [0.3, 0.4) is 0 Å². The van der Waals surface area contributed by atoms with Crippen LogP contribution in [-0.2, 0) is 0 Å². The number of amides is 3. The number of nitrogens with one attached hydrogen (secondary N) is 1. The zero-order valence-corrected chi connectivity index (χ0v) is 10.9. The van der Waals surface area contributed by atoms with Gasteiger partial charge in [0.05, 0.1) is 6.61 Å². The summed E-state index contributed by atoms with van der Waals surface area (Å²) in [5, 5.41) is 11.0. The maximum atomic E-state index is 12.4. The highest BCUT2D eigenvalue weighted by molar-refractivity contribution is 5.95. The third-order valence-electron chi connectivity index (χ3n) is 2.43. The van der Waals surface area contributed by atoms with Crippen molar-refractivity contribution in [3.8, 4) is 0 Å². The zero-order valence-electron chi connectivity index (χ0n) is 10.9. The molecule has 0 spiro atoms. The molecule has 0 aliphatic heterocycles. The van der Waals surface area contributed by atoms with Gasteiger partial charge in [-0.1, -0.05) is 0 Å². The van der Waals surface area contributed by atoms with Crippen LogP contribution < -0.4 is 11.1 Å². The molecule has 21 heavy (non-hydrogen) atoms. The number of benzene rings is 1. The van der Waals surface area contributed by atoms with E-state index in [4.69, 9.17) is 10.8 Å². The van der Waals surface area contributed by atoms with Crippen LogP contribution in [0.4, 0.5) is 23.7 Å². The van der Waals surface area contributed by atoms with Crippen LogP contribution >= 0.6 is 0 Å². The summed E-state index contributed by atoms with van der Waals surface area (Å²) >= 11 is 0. The van der Waals surface area contributed by atoms with Gasteiger partial charge in [0.2, 0.25) is 0 Å². The van der Waals surface area contributed by atoms with Gasteiger partial charge in [0.1, 0.15) is 6.54 Å². The van der Waals surface area contributed by atoms with Crippen LogP contribution in [0.2, 0.25) is 0 Å². The smallest absolute Gasteiger partial charge is 0.395 e. The van der Waals surface area contributed by atoms with E-state index in [1.165, 1.54) is 24.3 Å². The Morgan fingerprint density at radius 1 is 1.24 bits per heavy atom. The second kappa shape index (κ2) is 6.93. The normalized spacial score (nSPS) is 11.0. The quantitative estimate of drug-likeness (QED) is 0.762. The number of nitrogens with zero attached hydrogens (tertiary/aromatic N) is 1. The Bertz CT molecular complexity index is 503. The molecule has 1 aromatic carbocycles. The SMILES string of the molecule is NC(=O)Nc1ccc(C(=O)N(CCO)CC(F)(F)F)cc1. The first-order chi connectivity index (χ1) is 9.73. The molecule has 0 aromatic heterocycles. The summed E-state index contributed by atoms with van der Waals surface area (Å²) in [6, 6.07) is 4.39. The molecule has 1 rings (SSSR count). The van der Waals surface area contributed by atoms with E-state index in [1.54, 1.807) is 0 Å². The number of hydrogen-bond donors (Lipinski definition) is 3. The molecule has 0 heterocycles. The molecular formula is C12H14F3N3O3. The number of halogens is 3. The number of urea groups is 1. The monoisotopic (exact) mass is 305 g/mol. The topological polar surface area (TPSA) is 95.7 Å². The minimum Gasteiger partial charge on any atom is -0.395 e. The van der Waals surface area contributed by atoms with E-state index in [-0.39, 0.29) is 5.56 Å². The lowest BCUT2D eigenvalue weighted by atomic mass is 10.1. The summed E-state index contributed by atoms with van der Waals surface area (Å²) in [5.74, 6) is -0.869. The number of nitrogens with two attached hydrogens (primary N) is 1. The summed E-state index contributed by atoms with van der Waals surface area (Å²) in [6.45, 7) is -2.46. The molecule has 9 heteroatoms. The predicted octanol–water partition coefficient (Wildman–Crippen LogP) is 1.17. The van der Waals surface area contributed by atoms with Gasteiger partial charge in [-0.05, 0) is 24.3 Å². The lowest BCUT2D eigenvalue weighted by Crippen LogP contribution is -2.40. The van der Waals surface area contributed by atoms with Crippen molar-refractivity contribution >= 4 is 17.6 Å². The Balaban J connectivity index is 2.85. The molecule has 116 valence electrons. The van der Waals surface area contributed by atoms with Crippen molar-refractivity contribution in [2.24, 2.45) is 5.73 Å². The Kier molecular flexibility index (Phi) is 5.53. The van der Waals surface area contributed by atoms with E-state index in [2.05, 4.69) is 5.32 Å². The number of carbonyl (C=O) groups is 2. The first kappa shape index (κ1) is 16.8. The van der Waals surface area contributed by atoms with Gasteiger partial charge in [-0.25, -0.2) is 4.79 Å². The van der Waals surface area contributed by atoms with Crippen LogP contribution in [0, 0.1) is 0 Å². The van der Waals surface area contributed by atoms with Crippen molar-refractivity contribution in [2.75, 3.05) is 25.0 Å². The van der Waals surface area contributed by atoms with E-state index >= 15 is 0 Å². The molecule has 0 unspecified atom stereocenters. The number of carbonyl (C=O) groups excluding carboxylic acids is 2. The minimum atomic E-state index is -4.56. The van der Waals surface area contributed by atoms with Crippen molar-refractivity contribution in [1.82, 2.24) is 4.90 Å². The first-order valence-electron chi connectivity index (χ1n) is 5.86. The van der Waals surface area contributed by atoms with Crippen LogP contribution in [-0.4, -0.2) is 47.8 Å². The van der Waals surface area contributed by atoms with Gasteiger partial charge >= 0.3 is 12.2 Å². The summed E-state index contributed by atoms with van der Waals surface area (Å²) in [5.41, 5.74) is 5.21. The standard InChI is InChI=1S/C12H14F3N3O3/c13-12(14,15)7-18(5-6-19)10(20)8-1-3-9(4-2-8)17-11(16)21/h1-4,19H,5-7H2,(H3,16,17,21). The van der Waals surface area contributed by atoms with E-state index in [1.807, 2.05) is 0 Å². The van der Waals surface area contributed by atoms with Crippen LogP contribution in [0.5, 0.6) is 0 Å². The lowest BCUT2D eigenvalue weighted by molar-refractivity contribution is -0.141. The third kappa shape index (κ3) is 5.69. The molecule has 0 radical (unpaired) electrons. The van der Waals surface area contributed by atoms with Crippen molar-refractivity contribution in [2.45, 2.75) is 6.18 Å². The molecule has 0 saturated carbocycles. The van der Waals surface area contributed by atoms with Gasteiger partial charge in [-0.3, -0.25) is 4.79 Å². The van der Waals surface area contributed by atoms with Gasteiger partial charge in [-0.2, -0.15) is 13.2 Å². The van der Waals surface area contributed by atoms with E-state index in [0.717, 1.165) is 0 Å². The van der Waals surface area contributed by atoms with Gasteiger partial charge in [0.15, 0.2) is 0 Å². The fraction of sp³-hybridized carbons (Fsp3) is 0.333. The highest BCUT2D eigenvalue weighted by Gasteiger charge is 2.33. The highest BCUT2D eigenvalue weighted by Crippen LogP contribution is 2.18. The summed E-state index contributed by atoms with van der Waals surface area (Å²) in [4.78, 5) is 23.1. The van der Waals surface area contributed by atoms with Crippen molar-refractivity contribution < 1.29 is 27.9 Å². The summed E-state index contributed by atoms with van der Waals surface area (Å²) < 4.78 is 37.1. The maximum absolute atomic E-state index is 12.4. The fourth-order valence-corrected chi connectivity index (χ4v) is 1.61. The van der Waals surface area contributed by atoms with Crippen LogP contribution in [0.25, 0.3) is 0 Å². The van der Waals surface area contributed by atoms with E-state index < -0.39 is 37.8 Å². The molecule has 3 amide bonds. The molecule has 0 atom stereocenters. The zero-order chi connectivity index (χ0) is 16.0. The Labute approximate surface area is 118 Å². The maximum Gasteiger partial charge on any atom is 0.406 e. The van der Waals surface area contributed by atoms with E-state index in [0.29, 0.717) is 10.6 Å². The molecule has 0 bridgehead atoms. The molecular weight excluding hydrogens is 291 g/mol. The predicted molar refractivity (Wildman–Crippen MR) is 68.7 cm³/mol. The Hall–Kier alpha value is -2.29. The summed E-state index contributed by atoms with van der Waals surface area (Å²) in [6.07, 6.45) is -4.56. The van der Waals surface area contributed by atoms with Gasteiger partial charge < -0.3 is 21.1 Å². The molecule has 4 N–H and O–H groups in total. The van der Waals surface area contributed by atoms with Gasteiger partial charge in [-0.15, -0.1) is 0 Å². The fourth-order valence-electron chi connectivity index (χ4n) is 1.61. The molecule has 0 fully saturated rings. The molecule has 1 aromatic rings. The minimum absolute atomic E-state index is 0.00252. The van der Waals surface area contributed by atoms with Crippen molar-refractivity contribution in [3.05, 3.63) is 29.8 Å². The summed E-state index contributed by atoms with van der Waals surface area (Å²) in [7, 11) is 0. The lowest BCUT2D eigenvalue weighted by Gasteiger charge is -2.23. The highest BCUT2D eigenvalue weighted by atomic mass is 19.4. The van der Waals surface area contributed by atoms with Crippen LogP contribution in [0.1, 0.15) is 10.4 Å². The first-order valence-corrected chi connectivity index (χ1v) is 5.86. The van der Waals surface area contributed by atoms with Gasteiger partial charge in [0, 0.05) is 17.8 Å². The Morgan fingerprint density at radius 2 is 1.81 bits per heavy atom. The molecule has 0 aliphatic carbocycles. The average molecular weight is 305 g/mol. The number of rotatable bonds is 5. The molecule has 0 aliphatic rings. The van der Waals surface area contributed by atoms with Crippen molar-refractivity contribution in [1.29, 1.82) is 0 Å². The Morgan fingerprint density at radius 3 is 2.24 bits per heavy atom. The number of anilines is 1. The second-order valence-corrected chi connectivity index (χ2v) is 4.13. The number of hydrogen-bond acceptors (Lipinski definition) is 3. The second-order valence-electron chi connectivity index (χ2n) is 4.13. The average Bonchev–Trinajstić information content (AvgIpc) is 2.36. The van der Waals surface area contributed by atoms with E-state index in [9.17, 15) is 22.8 Å². The largest absolute Gasteiger partial charge is 0.406 e. The third-order valence-corrected chi connectivity index (χ3v) is 2.43. The molecule has 6 nitrogen and oxygen atoms in total. The van der Waals surface area contributed by atoms with Crippen molar-refractivity contribution in [3.63, 3.8) is 0 Å². The molecule has 0 saturated heterocycles.